The molecule has 0 aliphatic carbocycles. The largest absolute Gasteiger partial charge is 0.496 e. The van der Waals surface area contributed by atoms with E-state index in [2.05, 4.69) is 18.5 Å². The minimum Gasteiger partial charge on any atom is -0.496 e. The maximum Gasteiger partial charge on any atom is 0.123 e. The second-order valence-corrected chi connectivity index (χ2v) is 3.07. The molecular weight excluding hydrogens is 178 g/mol. The number of ether oxygens (including phenoxy) is 1. The van der Waals surface area contributed by atoms with Crippen LogP contribution in [0, 0.1) is 6.92 Å². The van der Waals surface area contributed by atoms with Crippen LogP contribution in [0.15, 0.2) is 18.2 Å². The summed E-state index contributed by atoms with van der Waals surface area (Å²) in [6.45, 7) is 5.33. The lowest BCUT2D eigenvalue weighted by Crippen LogP contribution is -2.14. The third-order valence-electron chi connectivity index (χ3n) is 1.94. The van der Waals surface area contributed by atoms with Crippen molar-refractivity contribution in [2.24, 2.45) is 0 Å². The van der Waals surface area contributed by atoms with Gasteiger partial charge in [-0.2, -0.15) is 5.48 Å². The first kappa shape index (κ1) is 11.0. The summed E-state index contributed by atoms with van der Waals surface area (Å²) in [7, 11) is 1.68. The van der Waals surface area contributed by atoms with Gasteiger partial charge in [-0.05, 0) is 19.9 Å². The molecule has 14 heavy (non-hydrogen) atoms. The highest BCUT2D eigenvalue weighted by Gasteiger charge is 2.01. The zero-order chi connectivity index (χ0) is 10.4. The molecule has 0 spiro atoms. The van der Waals surface area contributed by atoms with Gasteiger partial charge in [0.2, 0.25) is 0 Å². The van der Waals surface area contributed by atoms with Crippen LogP contribution in [-0.4, -0.2) is 13.7 Å². The lowest BCUT2D eigenvalue weighted by molar-refractivity contribution is 0.0459. The topological polar surface area (TPSA) is 30.5 Å². The Morgan fingerprint density at radius 3 is 2.79 bits per heavy atom. The number of nitrogens with one attached hydrogen (secondary N) is 1. The third kappa shape index (κ3) is 3.01. The summed E-state index contributed by atoms with van der Waals surface area (Å²) in [5, 5.41) is 0. The molecule has 0 aromatic heterocycles. The Kier molecular flexibility index (Phi) is 4.43. The van der Waals surface area contributed by atoms with Crippen molar-refractivity contribution < 1.29 is 9.57 Å². The second kappa shape index (κ2) is 5.62. The first-order valence-electron chi connectivity index (χ1n) is 4.76. The van der Waals surface area contributed by atoms with Gasteiger partial charge < -0.3 is 9.57 Å². The van der Waals surface area contributed by atoms with E-state index in [-0.39, 0.29) is 0 Å². The molecule has 0 fully saturated rings. The highest BCUT2D eigenvalue weighted by Crippen LogP contribution is 2.19. The molecule has 0 unspecified atom stereocenters. The van der Waals surface area contributed by atoms with E-state index in [0.717, 1.165) is 11.3 Å². The number of hydrogen-bond donors (Lipinski definition) is 1. The number of aryl methyl sites for hydroxylation is 1. The molecule has 78 valence electrons. The summed E-state index contributed by atoms with van der Waals surface area (Å²) < 4.78 is 5.24. The van der Waals surface area contributed by atoms with Crippen LogP contribution in [0.25, 0.3) is 0 Å². The van der Waals surface area contributed by atoms with Gasteiger partial charge in [0.1, 0.15) is 5.75 Å². The SMILES string of the molecule is CCONCc1cc(C)ccc1OC. The summed E-state index contributed by atoms with van der Waals surface area (Å²) in [6, 6.07) is 6.09. The Bertz CT molecular complexity index is 287. The molecule has 0 atom stereocenters. The molecule has 0 aliphatic rings. The maximum absolute atomic E-state index is 5.24. The van der Waals surface area contributed by atoms with Gasteiger partial charge in [-0.3, -0.25) is 0 Å². The van der Waals surface area contributed by atoms with Crippen molar-refractivity contribution in [1.29, 1.82) is 0 Å². The molecule has 1 aromatic carbocycles. The summed E-state index contributed by atoms with van der Waals surface area (Å²) in [5.41, 5.74) is 5.21. The Hall–Kier alpha value is -1.06. The molecule has 0 amide bonds. The second-order valence-electron chi connectivity index (χ2n) is 3.07. The number of hydrogen-bond acceptors (Lipinski definition) is 3. The number of benzene rings is 1. The van der Waals surface area contributed by atoms with Crippen molar-refractivity contribution in [2.45, 2.75) is 20.4 Å². The van der Waals surface area contributed by atoms with E-state index in [4.69, 9.17) is 9.57 Å². The highest BCUT2D eigenvalue weighted by atomic mass is 16.6. The van der Waals surface area contributed by atoms with Crippen molar-refractivity contribution in [3.63, 3.8) is 0 Å². The molecule has 0 heterocycles. The number of rotatable bonds is 5. The lowest BCUT2D eigenvalue weighted by Gasteiger charge is -2.09. The quantitative estimate of drug-likeness (QED) is 0.576. The van der Waals surface area contributed by atoms with Crippen LogP contribution in [0.2, 0.25) is 0 Å². The van der Waals surface area contributed by atoms with E-state index >= 15 is 0 Å². The monoisotopic (exact) mass is 195 g/mol. The molecule has 1 aromatic rings. The molecule has 0 bridgehead atoms. The van der Waals surface area contributed by atoms with Crippen LogP contribution < -0.4 is 10.2 Å². The van der Waals surface area contributed by atoms with Gasteiger partial charge in [0.05, 0.1) is 13.7 Å². The van der Waals surface area contributed by atoms with E-state index in [1.54, 1.807) is 7.11 Å². The highest BCUT2D eigenvalue weighted by molar-refractivity contribution is 5.36. The van der Waals surface area contributed by atoms with Crippen LogP contribution in [0.3, 0.4) is 0 Å². The number of hydroxylamine groups is 1. The van der Waals surface area contributed by atoms with Crippen LogP contribution in [0.4, 0.5) is 0 Å². The molecule has 0 aliphatic heterocycles. The zero-order valence-corrected chi connectivity index (χ0v) is 8.96. The first-order chi connectivity index (χ1) is 6.77. The average Bonchev–Trinajstić information content (AvgIpc) is 2.19. The van der Waals surface area contributed by atoms with Gasteiger partial charge >= 0.3 is 0 Å². The van der Waals surface area contributed by atoms with Crippen LogP contribution in [0.5, 0.6) is 5.75 Å². The molecule has 0 radical (unpaired) electrons. The van der Waals surface area contributed by atoms with Crippen molar-refractivity contribution in [1.82, 2.24) is 5.48 Å². The van der Waals surface area contributed by atoms with Crippen molar-refractivity contribution in [3.8, 4) is 5.75 Å². The van der Waals surface area contributed by atoms with E-state index in [1.165, 1.54) is 5.56 Å². The van der Waals surface area contributed by atoms with Gasteiger partial charge in [-0.25, -0.2) is 0 Å². The summed E-state index contributed by atoms with van der Waals surface area (Å²) in [4.78, 5) is 5.07. The fraction of sp³-hybridized carbons (Fsp3) is 0.455. The van der Waals surface area contributed by atoms with Crippen LogP contribution >= 0.6 is 0 Å². The lowest BCUT2D eigenvalue weighted by atomic mass is 10.1. The molecule has 1 N–H and O–H groups in total. The fourth-order valence-electron chi connectivity index (χ4n) is 1.28. The normalized spacial score (nSPS) is 10.2. The number of methoxy groups -OCH3 is 1. The summed E-state index contributed by atoms with van der Waals surface area (Å²) in [5.74, 6) is 0.891. The first-order valence-corrected chi connectivity index (χ1v) is 4.76. The van der Waals surface area contributed by atoms with Crippen molar-refractivity contribution in [2.75, 3.05) is 13.7 Å². The molecular formula is C11H17NO2. The van der Waals surface area contributed by atoms with Gasteiger partial charge in [-0.1, -0.05) is 17.7 Å². The molecule has 3 nitrogen and oxygen atoms in total. The minimum atomic E-state index is 0.661. The Balaban J connectivity index is 2.67. The van der Waals surface area contributed by atoms with Crippen LogP contribution in [0.1, 0.15) is 18.1 Å². The molecule has 0 saturated heterocycles. The van der Waals surface area contributed by atoms with E-state index in [0.29, 0.717) is 13.2 Å². The summed E-state index contributed by atoms with van der Waals surface area (Å²) in [6.07, 6.45) is 0. The van der Waals surface area contributed by atoms with E-state index < -0.39 is 0 Å². The smallest absolute Gasteiger partial charge is 0.123 e. The predicted octanol–water partition coefficient (Wildman–Crippen LogP) is 2.04. The zero-order valence-electron chi connectivity index (χ0n) is 8.96. The van der Waals surface area contributed by atoms with Crippen molar-refractivity contribution in [3.05, 3.63) is 29.3 Å². The van der Waals surface area contributed by atoms with E-state index in [9.17, 15) is 0 Å². The molecule has 0 saturated carbocycles. The van der Waals surface area contributed by atoms with Gasteiger partial charge in [0.25, 0.3) is 0 Å². The maximum atomic E-state index is 5.24. The predicted molar refractivity (Wildman–Crippen MR) is 56.2 cm³/mol. The van der Waals surface area contributed by atoms with Crippen molar-refractivity contribution >= 4 is 0 Å². The summed E-state index contributed by atoms with van der Waals surface area (Å²) >= 11 is 0. The third-order valence-corrected chi connectivity index (χ3v) is 1.94. The standard InChI is InChI=1S/C11H17NO2/c1-4-14-12-8-10-7-9(2)5-6-11(10)13-3/h5-7,12H,4,8H2,1-3H3. The van der Waals surface area contributed by atoms with Gasteiger partial charge in [0, 0.05) is 12.1 Å². The Labute approximate surface area is 85.0 Å². The molecule has 3 heteroatoms. The van der Waals surface area contributed by atoms with Gasteiger partial charge in [-0.15, -0.1) is 0 Å². The average molecular weight is 195 g/mol. The van der Waals surface area contributed by atoms with Crippen LogP contribution in [-0.2, 0) is 11.4 Å². The fourth-order valence-corrected chi connectivity index (χ4v) is 1.28. The minimum absolute atomic E-state index is 0.661. The van der Waals surface area contributed by atoms with Gasteiger partial charge in [0.15, 0.2) is 0 Å². The Morgan fingerprint density at radius 2 is 2.14 bits per heavy atom. The molecule has 1 rings (SSSR count). The van der Waals surface area contributed by atoms with E-state index in [1.807, 2.05) is 19.1 Å². The Morgan fingerprint density at radius 1 is 1.36 bits per heavy atom.